The summed E-state index contributed by atoms with van der Waals surface area (Å²) < 4.78 is 45.6. The van der Waals surface area contributed by atoms with Crippen LogP contribution in [0.4, 0.5) is 13.2 Å². The second kappa shape index (κ2) is 7.06. The Bertz CT molecular complexity index is 988. The molecule has 1 aromatic carbocycles. The van der Waals surface area contributed by atoms with E-state index in [0.29, 0.717) is 24.9 Å². The minimum Gasteiger partial charge on any atom is -0.418 e. The van der Waals surface area contributed by atoms with E-state index in [-0.39, 0.29) is 17.3 Å². The van der Waals surface area contributed by atoms with Crippen LogP contribution in [0.3, 0.4) is 0 Å². The zero-order valence-corrected chi connectivity index (χ0v) is 14.6. The Morgan fingerprint density at radius 2 is 1.86 bits per heavy atom. The van der Waals surface area contributed by atoms with Crippen LogP contribution in [0.1, 0.15) is 40.7 Å². The molecule has 1 fully saturated rings. The molecule has 28 heavy (non-hydrogen) atoms. The average Bonchev–Trinajstić information content (AvgIpc) is 3.37. The maximum absolute atomic E-state index is 13.3. The van der Waals surface area contributed by atoms with Gasteiger partial charge in [0.15, 0.2) is 0 Å². The van der Waals surface area contributed by atoms with Gasteiger partial charge >= 0.3 is 6.18 Å². The molecule has 0 aliphatic carbocycles. The smallest absolute Gasteiger partial charge is 0.417 e. The SMILES string of the molecule is O=C(c1ccccc1C(F)(F)F)N1CCCC1c1nnc(-c2ccncc2)o1. The summed E-state index contributed by atoms with van der Waals surface area (Å²) in [4.78, 5) is 18.2. The number of carbonyl (C=O) groups is 1. The van der Waals surface area contributed by atoms with Gasteiger partial charge in [0.25, 0.3) is 5.91 Å². The lowest BCUT2D eigenvalue weighted by molar-refractivity contribution is -0.138. The third-order valence-corrected chi connectivity index (χ3v) is 4.63. The molecule has 3 heterocycles. The largest absolute Gasteiger partial charge is 0.418 e. The topological polar surface area (TPSA) is 72.1 Å². The lowest BCUT2D eigenvalue weighted by Crippen LogP contribution is -2.32. The van der Waals surface area contributed by atoms with Crippen molar-refractivity contribution in [2.24, 2.45) is 0 Å². The van der Waals surface area contributed by atoms with Crippen LogP contribution in [-0.2, 0) is 6.18 Å². The molecule has 4 rings (SSSR count). The minimum atomic E-state index is -4.61. The van der Waals surface area contributed by atoms with E-state index < -0.39 is 23.7 Å². The van der Waals surface area contributed by atoms with E-state index in [4.69, 9.17) is 4.42 Å². The fourth-order valence-corrected chi connectivity index (χ4v) is 3.32. The molecule has 1 amide bonds. The molecule has 0 N–H and O–H groups in total. The zero-order chi connectivity index (χ0) is 19.7. The van der Waals surface area contributed by atoms with E-state index in [0.717, 1.165) is 6.07 Å². The minimum absolute atomic E-state index is 0.210. The van der Waals surface area contributed by atoms with Crippen molar-refractivity contribution in [1.29, 1.82) is 0 Å². The van der Waals surface area contributed by atoms with Gasteiger partial charge in [-0.3, -0.25) is 9.78 Å². The predicted molar refractivity (Wildman–Crippen MR) is 92.0 cm³/mol. The Balaban J connectivity index is 1.63. The number of amides is 1. The highest BCUT2D eigenvalue weighted by Crippen LogP contribution is 2.37. The Morgan fingerprint density at radius 1 is 1.11 bits per heavy atom. The highest BCUT2D eigenvalue weighted by atomic mass is 19.4. The van der Waals surface area contributed by atoms with Gasteiger partial charge in [0, 0.05) is 24.5 Å². The molecule has 0 radical (unpaired) electrons. The number of likely N-dealkylation sites (tertiary alicyclic amines) is 1. The molecule has 0 saturated carbocycles. The third-order valence-electron chi connectivity index (χ3n) is 4.63. The van der Waals surface area contributed by atoms with Crippen LogP contribution in [0.5, 0.6) is 0 Å². The Kier molecular flexibility index (Phi) is 4.58. The zero-order valence-electron chi connectivity index (χ0n) is 14.6. The van der Waals surface area contributed by atoms with Crippen molar-refractivity contribution in [2.45, 2.75) is 25.1 Å². The second-order valence-electron chi connectivity index (χ2n) is 6.38. The van der Waals surface area contributed by atoms with Crippen molar-refractivity contribution in [3.63, 3.8) is 0 Å². The summed E-state index contributed by atoms with van der Waals surface area (Å²) in [5, 5.41) is 8.01. The van der Waals surface area contributed by atoms with E-state index in [1.807, 2.05) is 0 Å². The molecular formula is C19H15F3N4O2. The molecule has 1 aliphatic heterocycles. The van der Waals surface area contributed by atoms with Crippen molar-refractivity contribution >= 4 is 5.91 Å². The van der Waals surface area contributed by atoms with E-state index in [9.17, 15) is 18.0 Å². The van der Waals surface area contributed by atoms with Crippen LogP contribution in [0.25, 0.3) is 11.5 Å². The summed E-state index contributed by atoms with van der Waals surface area (Å²) in [5.74, 6) is -0.214. The number of hydrogen-bond acceptors (Lipinski definition) is 5. The van der Waals surface area contributed by atoms with Gasteiger partial charge in [-0.25, -0.2) is 0 Å². The molecule has 9 heteroatoms. The number of hydrogen-bond donors (Lipinski definition) is 0. The lowest BCUT2D eigenvalue weighted by atomic mass is 10.1. The Morgan fingerprint density at radius 3 is 2.61 bits per heavy atom. The molecule has 3 aromatic rings. The predicted octanol–water partition coefficient (Wildman–Crippen LogP) is 4.13. The standard InChI is InChI=1S/C19H15F3N4O2/c20-19(21,22)14-5-2-1-4-13(14)18(27)26-11-3-6-15(26)17-25-24-16(28-17)12-7-9-23-10-8-12/h1-2,4-5,7-10,15H,3,6,11H2. The van der Waals surface area contributed by atoms with E-state index >= 15 is 0 Å². The number of halogens is 3. The summed E-state index contributed by atoms with van der Waals surface area (Å²) in [6.07, 6.45) is -0.271. The summed E-state index contributed by atoms with van der Waals surface area (Å²) in [5.41, 5.74) is -0.656. The van der Waals surface area contributed by atoms with Gasteiger partial charge in [-0.1, -0.05) is 12.1 Å². The first kappa shape index (κ1) is 18.1. The monoisotopic (exact) mass is 388 g/mol. The fourth-order valence-electron chi connectivity index (χ4n) is 3.32. The van der Waals surface area contributed by atoms with E-state index in [2.05, 4.69) is 15.2 Å². The quantitative estimate of drug-likeness (QED) is 0.675. The number of rotatable bonds is 3. The van der Waals surface area contributed by atoms with Crippen LogP contribution >= 0.6 is 0 Å². The van der Waals surface area contributed by atoms with Crippen molar-refractivity contribution in [3.8, 4) is 11.5 Å². The van der Waals surface area contributed by atoms with Gasteiger partial charge in [-0.2, -0.15) is 13.2 Å². The number of pyridine rings is 1. The van der Waals surface area contributed by atoms with Crippen LogP contribution in [0.2, 0.25) is 0 Å². The molecular weight excluding hydrogens is 373 g/mol. The number of aromatic nitrogens is 3. The maximum atomic E-state index is 13.3. The maximum Gasteiger partial charge on any atom is 0.417 e. The van der Waals surface area contributed by atoms with Gasteiger partial charge in [-0.05, 0) is 37.1 Å². The van der Waals surface area contributed by atoms with E-state index in [1.54, 1.807) is 24.5 Å². The van der Waals surface area contributed by atoms with Gasteiger partial charge in [0.1, 0.15) is 6.04 Å². The molecule has 6 nitrogen and oxygen atoms in total. The summed E-state index contributed by atoms with van der Waals surface area (Å²) in [7, 11) is 0. The normalized spacial score (nSPS) is 17.1. The molecule has 1 aliphatic rings. The van der Waals surface area contributed by atoms with Crippen molar-refractivity contribution in [2.75, 3.05) is 6.54 Å². The molecule has 0 spiro atoms. The highest BCUT2D eigenvalue weighted by molar-refractivity contribution is 5.96. The van der Waals surface area contributed by atoms with Crippen LogP contribution < -0.4 is 0 Å². The number of carbonyl (C=O) groups excluding carboxylic acids is 1. The number of nitrogens with zero attached hydrogens (tertiary/aromatic N) is 4. The van der Waals surface area contributed by atoms with Crippen molar-refractivity contribution in [3.05, 3.63) is 65.8 Å². The molecule has 1 unspecified atom stereocenters. The molecule has 1 saturated heterocycles. The second-order valence-corrected chi connectivity index (χ2v) is 6.38. The summed E-state index contributed by atoms with van der Waals surface area (Å²) in [6, 6.07) is 7.63. The van der Waals surface area contributed by atoms with Gasteiger partial charge in [0.2, 0.25) is 11.8 Å². The molecule has 2 aromatic heterocycles. The first-order chi connectivity index (χ1) is 13.4. The van der Waals surface area contributed by atoms with Crippen molar-refractivity contribution in [1.82, 2.24) is 20.1 Å². The Labute approximate surface area is 158 Å². The third kappa shape index (κ3) is 3.35. The fraction of sp³-hybridized carbons (Fsp3) is 0.263. The van der Waals surface area contributed by atoms with Gasteiger partial charge < -0.3 is 9.32 Å². The molecule has 144 valence electrons. The van der Waals surface area contributed by atoms with E-state index in [1.165, 1.54) is 23.1 Å². The lowest BCUT2D eigenvalue weighted by Gasteiger charge is -2.23. The van der Waals surface area contributed by atoms with Gasteiger partial charge in [-0.15, -0.1) is 10.2 Å². The number of alkyl halides is 3. The van der Waals surface area contributed by atoms with Crippen LogP contribution in [0, 0.1) is 0 Å². The summed E-state index contributed by atoms with van der Waals surface area (Å²) in [6.45, 7) is 0.322. The number of benzene rings is 1. The van der Waals surface area contributed by atoms with Crippen molar-refractivity contribution < 1.29 is 22.4 Å². The molecule has 1 atom stereocenters. The first-order valence-electron chi connectivity index (χ1n) is 8.66. The first-order valence-corrected chi connectivity index (χ1v) is 8.66. The highest BCUT2D eigenvalue weighted by Gasteiger charge is 2.39. The molecule has 0 bridgehead atoms. The van der Waals surface area contributed by atoms with Crippen LogP contribution in [-0.4, -0.2) is 32.5 Å². The van der Waals surface area contributed by atoms with Crippen LogP contribution in [0.15, 0.2) is 53.2 Å². The van der Waals surface area contributed by atoms with Gasteiger partial charge in [0.05, 0.1) is 11.1 Å². The Hall–Kier alpha value is -3.23. The average molecular weight is 388 g/mol. The summed E-state index contributed by atoms with van der Waals surface area (Å²) >= 11 is 0.